The number of fused-ring (bicyclic) bond motifs is 1. The van der Waals surface area contributed by atoms with E-state index in [9.17, 15) is 10.1 Å². The van der Waals surface area contributed by atoms with Crippen molar-refractivity contribution in [3.8, 4) is 0 Å². The lowest BCUT2D eigenvalue weighted by molar-refractivity contribution is -0.400. The van der Waals surface area contributed by atoms with Crippen molar-refractivity contribution in [2.45, 2.75) is 6.92 Å². The van der Waals surface area contributed by atoms with Crippen LogP contribution in [-0.4, -0.2) is 9.91 Å². The van der Waals surface area contributed by atoms with Crippen molar-refractivity contribution >= 4 is 17.0 Å². The van der Waals surface area contributed by atoms with Crippen LogP contribution in [0.2, 0.25) is 0 Å². The van der Waals surface area contributed by atoms with E-state index in [2.05, 4.69) is 4.98 Å². The maximum absolute atomic E-state index is 10.2. The molecule has 0 aliphatic carbocycles. The molecule has 0 spiro atoms. The number of hydrogen-bond acceptors (Lipinski definition) is 2. The van der Waals surface area contributed by atoms with Gasteiger partial charge in [-0.1, -0.05) is 11.6 Å². The molecule has 2 rings (SSSR count). The van der Waals surface area contributed by atoms with Gasteiger partial charge in [0, 0.05) is 28.7 Å². The van der Waals surface area contributed by atoms with Crippen LogP contribution in [0.15, 0.2) is 30.6 Å². The van der Waals surface area contributed by atoms with Gasteiger partial charge in [-0.15, -0.1) is 0 Å². The van der Waals surface area contributed by atoms with Gasteiger partial charge in [-0.05, 0) is 19.1 Å². The number of benzene rings is 1. The van der Waals surface area contributed by atoms with Crippen molar-refractivity contribution in [2.24, 2.45) is 0 Å². The predicted octanol–water partition coefficient (Wildman–Crippen LogP) is 2.72. The molecular weight excluding hydrogens is 192 g/mol. The van der Waals surface area contributed by atoms with E-state index in [1.54, 1.807) is 6.20 Å². The first-order valence-electron chi connectivity index (χ1n) is 4.56. The maximum atomic E-state index is 10.2. The van der Waals surface area contributed by atoms with Crippen molar-refractivity contribution in [2.75, 3.05) is 0 Å². The Morgan fingerprint density at radius 2 is 2.27 bits per heavy atom. The molecule has 0 atom stereocenters. The molecule has 0 saturated carbocycles. The molecule has 0 aliphatic rings. The van der Waals surface area contributed by atoms with Crippen LogP contribution < -0.4 is 0 Å². The highest BCUT2D eigenvalue weighted by atomic mass is 16.6. The van der Waals surface area contributed by atoms with Gasteiger partial charge in [-0.2, -0.15) is 0 Å². The number of nitrogens with one attached hydrogen (secondary N) is 1. The molecule has 15 heavy (non-hydrogen) atoms. The lowest BCUT2D eigenvalue weighted by Crippen LogP contribution is -1.81. The highest BCUT2D eigenvalue weighted by Gasteiger charge is 2.01. The summed E-state index contributed by atoms with van der Waals surface area (Å²) in [5.41, 5.74) is 2.96. The summed E-state index contributed by atoms with van der Waals surface area (Å²) in [5, 5.41) is 11.2. The van der Waals surface area contributed by atoms with Crippen LogP contribution in [0.25, 0.3) is 17.0 Å². The molecule has 0 amide bonds. The van der Waals surface area contributed by atoms with Crippen LogP contribution in [0.4, 0.5) is 0 Å². The van der Waals surface area contributed by atoms with E-state index in [1.807, 2.05) is 25.1 Å². The molecule has 0 saturated heterocycles. The average molecular weight is 202 g/mol. The summed E-state index contributed by atoms with van der Waals surface area (Å²) in [7, 11) is 0. The Labute approximate surface area is 86.4 Å². The number of nitro groups is 1. The number of aryl methyl sites for hydroxylation is 1. The van der Waals surface area contributed by atoms with Crippen molar-refractivity contribution in [3.63, 3.8) is 0 Å². The average Bonchev–Trinajstić information content (AvgIpc) is 2.57. The van der Waals surface area contributed by atoms with Gasteiger partial charge in [0.05, 0.1) is 4.92 Å². The molecule has 1 aromatic carbocycles. The normalized spacial score (nSPS) is 11.3. The molecule has 2 aromatic rings. The first-order valence-corrected chi connectivity index (χ1v) is 4.56. The molecule has 1 aromatic heterocycles. The molecular formula is C11H10N2O2. The Bertz CT molecular complexity index is 541. The summed E-state index contributed by atoms with van der Waals surface area (Å²) >= 11 is 0. The van der Waals surface area contributed by atoms with Crippen molar-refractivity contribution in [3.05, 3.63) is 51.8 Å². The van der Waals surface area contributed by atoms with Crippen molar-refractivity contribution in [1.82, 2.24) is 4.98 Å². The Balaban J connectivity index is 2.52. The van der Waals surface area contributed by atoms with Crippen LogP contribution in [0, 0.1) is 17.0 Å². The molecule has 4 nitrogen and oxygen atoms in total. The zero-order valence-electron chi connectivity index (χ0n) is 8.23. The minimum atomic E-state index is -0.464. The topological polar surface area (TPSA) is 58.9 Å². The fourth-order valence-corrected chi connectivity index (χ4v) is 1.54. The molecule has 4 heteroatoms. The Kier molecular flexibility index (Phi) is 2.25. The van der Waals surface area contributed by atoms with E-state index in [0.717, 1.165) is 28.2 Å². The number of nitrogens with zero attached hydrogens (tertiary/aromatic N) is 1. The third-order valence-corrected chi connectivity index (χ3v) is 2.25. The van der Waals surface area contributed by atoms with E-state index in [0.29, 0.717) is 0 Å². The lowest BCUT2D eigenvalue weighted by atomic mass is 10.1. The van der Waals surface area contributed by atoms with Gasteiger partial charge >= 0.3 is 0 Å². The van der Waals surface area contributed by atoms with E-state index in [1.165, 1.54) is 6.08 Å². The highest BCUT2D eigenvalue weighted by Crippen LogP contribution is 2.20. The second-order valence-corrected chi connectivity index (χ2v) is 3.39. The third kappa shape index (κ3) is 1.88. The summed E-state index contributed by atoms with van der Waals surface area (Å²) in [6, 6.07) is 5.97. The van der Waals surface area contributed by atoms with E-state index in [4.69, 9.17) is 0 Å². The van der Waals surface area contributed by atoms with Crippen LogP contribution in [0.3, 0.4) is 0 Å². The molecule has 1 heterocycles. The Morgan fingerprint density at radius 1 is 1.47 bits per heavy atom. The first kappa shape index (κ1) is 9.45. The summed E-state index contributed by atoms with van der Waals surface area (Å²) in [4.78, 5) is 12.8. The fourth-order valence-electron chi connectivity index (χ4n) is 1.54. The van der Waals surface area contributed by atoms with Gasteiger partial charge in [0.2, 0.25) is 6.20 Å². The van der Waals surface area contributed by atoms with Gasteiger partial charge in [0.15, 0.2) is 0 Å². The standard InChI is InChI=1S/C11H10N2O2/c1-8-2-3-11-10(6-8)9(7-12-11)4-5-13(14)15/h2-7,12H,1H3/b5-4-. The Morgan fingerprint density at radius 3 is 3.00 bits per heavy atom. The number of H-pyrrole nitrogens is 1. The van der Waals surface area contributed by atoms with Crippen LogP contribution in [0.5, 0.6) is 0 Å². The summed E-state index contributed by atoms with van der Waals surface area (Å²) < 4.78 is 0. The minimum Gasteiger partial charge on any atom is -0.361 e. The highest BCUT2D eigenvalue weighted by molar-refractivity contribution is 5.89. The molecule has 0 radical (unpaired) electrons. The van der Waals surface area contributed by atoms with Gasteiger partial charge in [0.25, 0.3) is 0 Å². The fraction of sp³-hybridized carbons (Fsp3) is 0.0909. The molecule has 0 aliphatic heterocycles. The summed E-state index contributed by atoms with van der Waals surface area (Å²) in [5.74, 6) is 0. The van der Waals surface area contributed by atoms with E-state index >= 15 is 0 Å². The number of aromatic amines is 1. The van der Waals surface area contributed by atoms with Crippen LogP contribution in [-0.2, 0) is 0 Å². The lowest BCUT2D eigenvalue weighted by Gasteiger charge is -1.93. The van der Waals surface area contributed by atoms with Gasteiger partial charge in [-0.25, -0.2) is 0 Å². The van der Waals surface area contributed by atoms with Crippen molar-refractivity contribution < 1.29 is 4.92 Å². The van der Waals surface area contributed by atoms with Gasteiger partial charge in [0.1, 0.15) is 0 Å². The molecule has 0 unspecified atom stereocenters. The molecule has 1 N–H and O–H groups in total. The second kappa shape index (κ2) is 3.57. The quantitative estimate of drug-likeness (QED) is 0.601. The largest absolute Gasteiger partial charge is 0.361 e. The van der Waals surface area contributed by atoms with Crippen LogP contribution in [0.1, 0.15) is 11.1 Å². The zero-order valence-corrected chi connectivity index (χ0v) is 8.23. The van der Waals surface area contributed by atoms with Crippen LogP contribution >= 0.6 is 0 Å². The maximum Gasteiger partial charge on any atom is 0.235 e. The smallest absolute Gasteiger partial charge is 0.235 e. The van der Waals surface area contributed by atoms with Crippen molar-refractivity contribution in [1.29, 1.82) is 0 Å². The number of hydrogen-bond donors (Lipinski definition) is 1. The summed E-state index contributed by atoms with van der Waals surface area (Å²) in [6.45, 7) is 1.99. The second-order valence-electron chi connectivity index (χ2n) is 3.39. The molecule has 0 bridgehead atoms. The Hall–Kier alpha value is -2.10. The zero-order chi connectivity index (χ0) is 10.8. The van der Waals surface area contributed by atoms with E-state index in [-0.39, 0.29) is 0 Å². The minimum absolute atomic E-state index is 0.464. The molecule has 0 fully saturated rings. The number of rotatable bonds is 2. The number of aromatic nitrogens is 1. The van der Waals surface area contributed by atoms with Gasteiger partial charge < -0.3 is 4.98 Å². The first-order chi connectivity index (χ1) is 7.16. The molecule has 76 valence electrons. The third-order valence-electron chi connectivity index (χ3n) is 2.25. The SMILES string of the molecule is Cc1ccc2[nH]cc(/C=C\[N+](=O)[O-])c2c1. The van der Waals surface area contributed by atoms with Gasteiger partial charge in [-0.3, -0.25) is 10.1 Å². The monoisotopic (exact) mass is 202 g/mol. The van der Waals surface area contributed by atoms with E-state index < -0.39 is 4.92 Å². The summed E-state index contributed by atoms with van der Waals surface area (Å²) in [6.07, 6.45) is 4.22. The predicted molar refractivity (Wildman–Crippen MR) is 59.1 cm³/mol.